The Morgan fingerprint density at radius 3 is 2.44 bits per heavy atom. The number of likely N-dealkylation sites (tertiary alicyclic amines) is 1. The molecule has 0 spiro atoms. The molecule has 92 valence electrons. The molecule has 1 saturated heterocycles. The molecule has 16 heavy (non-hydrogen) atoms. The number of nitrogens with zero attached hydrogens (tertiary/aromatic N) is 2. The van der Waals surface area contributed by atoms with Crippen molar-refractivity contribution in [2.24, 2.45) is 11.8 Å². The Morgan fingerprint density at radius 1 is 1.31 bits per heavy atom. The topological polar surface area (TPSA) is 40.6 Å². The van der Waals surface area contributed by atoms with Gasteiger partial charge in [-0.15, -0.1) is 0 Å². The Hall–Kier alpha value is -1.06. The van der Waals surface area contributed by atoms with Gasteiger partial charge >= 0.3 is 0 Å². The Kier molecular flexibility index (Phi) is 4.33. The quantitative estimate of drug-likeness (QED) is 0.704. The van der Waals surface area contributed by atoms with Crippen molar-refractivity contribution in [1.29, 1.82) is 0 Å². The minimum atomic E-state index is -0.00792. The van der Waals surface area contributed by atoms with Crippen LogP contribution in [0.1, 0.15) is 26.7 Å². The fourth-order valence-corrected chi connectivity index (χ4v) is 2.11. The summed E-state index contributed by atoms with van der Waals surface area (Å²) in [6.45, 7) is 5.20. The van der Waals surface area contributed by atoms with Crippen molar-refractivity contribution < 1.29 is 9.59 Å². The SMILES string of the molecule is CC(C)C(=O)N1CCC[C@H](C(=O)N(C)C)C1. The summed E-state index contributed by atoms with van der Waals surface area (Å²) in [4.78, 5) is 27.1. The molecule has 0 N–H and O–H groups in total. The first-order valence-corrected chi connectivity index (χ1v) is 5.93. The van der Waals surface area contributed by atoms with E-state index in [2.05, 4.69) is 0 Å². The van der Waals surface area contributed by atoms with E-state index in [4.69, 9.17) is 0 Å². The van der Waals surface area contributed by atoms with E-state index in [-0.39, 0.29) is 23.7 Å². The van der Waals surface area contributed by atoms with Gasteiger partial charge in [0.05, 0.1) is 5.92 Å². The van der Waals surface area contributed by atoms with E-state index < -0.39 is 0 Å². The number of piperidine rings is 1. The second-order valence-electron chi connectivity index (χ2n) is 5.01. The summed E-state index contributed by atoms with van der Waals surface area (Å²) in [6.07, 6.45) is 1.83. The van der Waals surface area contributed by atoms with Crippen molar-refractivity contribution in [3.05, 3.63) is 0 Å². The van der Waals surface area contributed by atoms with Crippen molar-refractivity contribution in [2.75, 3.05) is 27.2 Å². The van der Waals surface area contributed by atoms with Crippen LogP contribution in [0.2, 0.25) is 0 Å². The standard InChI is InChI=1S/C12H22N2O2/c1-9(2)11(15)14-7-5-6-10(8-14)12(16)13(3)4/h9-10H,5-8H2,1-4H3/t10-/m0/s1. The molecule has 4 nitrogen and oxygen atoms in total. The van der Waals surface area contributed by atoms with E-state index in [9.17, 15) is 9.59 Å². The van der Waals surface area contributed by atoms with Gasteiger partial charge in [-0.3, -0.25) is 9.59 Å². The van der Waals surface area contributed by atoms with Gasteiger partial charge in [-0.2, -0.15) is 0 Å². The molecule has 1 rings (SSSR count). The van der Waals surface area contributed by atoms with Gasteiger partial charge in [0.15, 0.2) is 0 Å². The third kappa shape index (κ3) is 2.97. The summed E-state index contributed by atoms with van der Waals surface area (Å²) in [5.41, 5.74) is 0. The summed E-state index contributed by atoms with van der Waals surface area (Å²) >= 11 is 0. The summed E-state index contributed by atoms with van der Waals surface area (Å²) in [6, 6.07) is 0. The molecule has 0 bridgehead atoms. The first-order chi connectivity index (χ1) is 7.43. The lowest BCUT2D eigenvalue weighted by Crippen LogP contribution is -2.46. The Morgan fingerprint density at radius 2 is 1.94 bits per heavy atom. The zero-order chi connectivity index (χ0) is 12.3. The third-order valence-electron chi connectivity index (χ3n) is 3.02. The number of rotatable bonds is 2. The molecule has 4 heteroatoms. The van der Waals surface area contributed by atoms with Gasteiger partial charge in [-0.25, -0.2) is 0 Å². The van der Waals surface area contributed by atoms with E-state index in [1.165, 1.54) is 0 Å². The van der Waals surface area contributed by atoms with Crippen molar-refractivity contribution in [3.63, 3.8) is 0 Å². The average molecular weight is 226 g/mol. The molecule has 0 aliphatic carbocycles. The van der Waals surface area contributed by atoms with E-state index in [1.807, 2.05) is 18.7 Å². The van der Waals surface area contributed by atoms with E-state index >= 15 is 0 Å². The van der Waals surface area contributed by atoms with Crippen LogP contribution in [-0.2, 0) is 9.59 Å². The van der Waals surface area contributed by atoms with Gasteiger partial charge < -0.3 is 9.80 Å². The molecule has 0 aromatic rings. The van der Waals surface area contributed by atoms with Gasteiger partial charge in [-0.1, -0.05) is 13.8 Å². The summed E-state index contributed by atoms with van der Waals surface area (Å²) < 4.78 is 0. The molecule has 1 aliphatic rings. The van der Waals surface area contributed by atoms with Crippen molar-refractivity contribution >= 4 is 11.8 Å². The van der Waals surface area contributed by atoms with Crippen LogP contribution in [0.4, 0.5) is 0 Å². The van der Waals surface area contributed by atoms with Gasteiger partial charge in [0.2, 0.25) is 11.8 Å². The number of hydrogen-bond donors (Lipinski definition) is 0. The highest BCUT2D eigenvalue weighted by Gasteiger charge is 2.29. The van der Waals surface area contributed by atoms with E-state index in [0.29, 0.717) is 6.54 Å². The number of amides is 2. The average Bonchev–Trinajstić information content (AvgIpc) is 2.26. The summed E-state index contributed by atoms with van der Waals surface area (Å²) in [7, 11) is 3.54. The van der Waals surface area contributed by atoms with Gasteiger partial charge in [0.1, 0.15) is 0 Å². The van der Waals surface area contributed by atoms with Gasteiger partial charge in [-0.05, 0) is 12.8 Å². The van der Waals surface area contributed by atoms with Crippen LogP contribution in [0.5, 0.6) is 0 Å². The molecule has 1 heterocycles. The highest BCUT2D eigenvalue weighted by Crippen LogP contribution is 2.19. The van der Waals surface area contributed by atoms with Gasteiger partial charge in [0, 0.05) is 33.1 Å². The third-order valence-corrected chi connectivity index (χ3v) is 3.02. The highest BCUT2D eigenvalue weighted by molar-refractivity contribution is 5.81. The highest BCUT2D eigenvalue weighted by atomic mass is 16.2. The fourth-order valence-electron chi connectivity index (χ4n) is 2.11. The molecule has 0 unspecified atom stereocenters. The lowest BCUT2D eigenvalue weighted by Gasteiger charge is -2.34. The van der Waals surface area contributed by atoms with Crippen LogP contribution < -0.4 is 0 Å². The lowest BCUT2D eigenvalue weighted by molar-refractivity contribution is -0.141. The second-order valence-corrected chi connectivity index (χ2v) is 5.01. The Labute approximate surface area is 97.6 Å². The minimum Gasteiger partial charge on any atom is -0.349 e. The molecule has 0 aromatic carbocycles. The largest absolute Gasteiger partial charge is 0.349 e. The molecule has 0 aromatic heterocycles. The van der Waals surface area contributed by atoms with Crippen molar-refractivity contribution in [1.82, 2.24) is 9.80 Å². The maximum Gasteiger partial charge on any atom is 0.226 e. The predicted molar refractivity (Wildman–Crippen MR) is 62.8 cm³/mol. The maximum atomic E-state index is 11.8. The lowest BCUT2D eigenvalue weighted by atomic mass is 9.96. The van der Waals surface area contributed by atoms with Gasteiger partial charge in [0.25, 0.3) is 0 Å². The first kappa shape index (κ1) is 13.0. The molecule has 0 saturated carbocycles. The van der Waals surface area contributed by atoms with Crippen LogP contribution in [0.3, 0.4) is 0 Å². The van der Waals surface area contributed by atoms with Crippen LogP contribution in [0.25, 0.3) is 0 Å². The predicted octanol–water partition coefficient (Wildman–Crippen LogP) is 0.969. The first-order valence-electron chi connectivity index (χ1n) is 5.93. The summed E-state index contributed by atoms with van der Waals surface area (Å²) in [5.74, 6) is 0.317. The molecular formula is C12H22N2O2. The Bertz CT molecular complexity index is 248. The molecule has 1 aliphatic heterocycles. The monoisotopic (exact) mass is 226 g/mol. The molecule has 1 fully saturated rings. The molecule has 2 amide bonds. The zero-order valence-corrected chi connectivity index (χ0v) is 10.7. The van der Waals surface area contributed by atoms with E-state index in [1.54, 1.807) is 19.0 Å². The molecule has 0 radical (unpaired) electrons. The van der Waals surface area contributed by atoms with Crippen LogP contribution in [0.15, 0.2) is 0 Å². The fraction of sp³-hybridized carbons (Fsp3) is 0.833. The maximum absolute atomic E-state index is 11.8. The van der Waals surface area contributed by atoms with Crippen molar-refractivity contribution in [2.45, 2.75) is 26.7 Å². The number of carbonyl (C=O) groups excluding carboxylic acids is 2. The zero-order valence-electron chi connectivity index (χ0n) is 10.7. The number of carbonyl (C=O) groups is 2. The van der Waals surface area contributed by atoms with E-state index in [0.717, 1.165) is 19.4 Å². The van der Waals surface area contributed by atoms with Crippen molar-refractivity contribution in [3.8, 4) is 0 Å². The Balaban J connectivity index is 2.60. The smallest absolute Gasteiger partial charge is 0.226 e. The van der Waals surface area contributed by atoms with Crippen LogP contribution in [0, 0.1) is 11.8 Å². The minimum absolute atomic E-state index is 0.00792. The second kappa shape index (κ2) is 5.32. The summed E-state index contributed by atoms with van der Waals surface area (Å²) in [5, 5.41) is 0. The molecular weight excluding hydrogens is 204 g/mol. The van der Waals surface area contributed by atoms with Crippen LogP contribution in [-0.4, -0.2) is 48.8 Å². The molecule has 1 atom stereocenters. The number of hydrogen-bond acceptors (Lipinski definition) is 2. The normalized spacial score (nSPS) is 21.1. The van der Waals surface area contributed by atoms with Crippen LogP contribution >= 0.6 is 0 Å².